The number of halogens is 1. The lowest BCUT2D eigenvalue weighted by Crippen LogP contribution is -2.25. The van der Waals surface area contributed by atoms with Gasteiger partial charge in [-0.2, -0.15) is 0 Å². The second-order valence-electron chi connectivity index (χ2n) is 5.48. The lowest BCUT2D eigenvalue weighted by atomic mass is 10.2. The molecule has 0 aliphatic rings. The van der Waals surface area contributed by atoms with Gasteiger partial charge in [0.1, 0.15) is 4.90 Å². The Balaban J connectivity index is 1.94. The number of aromatic nitrogens is 3. The van der Waals surface area contributed by atoms with Crippen molar-refractivity contribution in [2.75, 3.05) is 6.26 Å². The predicted octanol–water partition coefficient (Wildman–Crippen LogP) is 3.43. The van der Waals surface area contributed by atoms with Gasteiger partial charge in [-0.15, -0.1) is 10.2 Å². The van der Waals surface area contributed by atoms with E-state index in [0.29, 0.717) is 11.0 Å². The molecule has 6 nitrogen and oxygen atoms in total. The molecule has 1 heterocycles. The minimum atomic E-state index is -3.77. The summed E-state index contributed by atoms with van der Waals surface area (Å²) in [5.74, 6) is 0.499. The quantitative estimate of drug-likeness (QED) is 0.632. The summed E-state index contributed by atoms with van der Waals surface area (Å²) in [5, 5.41) is 9.17. The molecule has 0 atom stereocenters. The van der Waals surface area contributed by atoms with E-state index in [9.17, 15) is 8.42 Å². The molecular formula is C17H17ClN4O2S2. The molecule has 2 aromatic carbocycles. The van der Waals surface area contributed by atoms with Gasteiger partial charge in [-0.1, -0.05) is 53.7 Å². The van der Waals surface area contributed by atoms with Gasteiger partial charge in [0, 0.05) is 0 Å². The highest BCUT2D eigenvalue weighted by atomic mass is 35.5. The zero-order chi connectivity index (χ0) is 18.7. The third-order valence-corrected chi connectivity index (χ3v) is 6.32. The summed E-state index contributed by atoms with van der Waals surface area (Å²) in [6.45, 7) is 1.98. The van der Waals surface area contributed by atoms with Crippen molar-refractivity contribution in [3.8, 4) is 5.69 Å². The summed E-state index contributed by atoms with van der Waals surface area (Å²) in [6, 6.07) is 14.1. The van der Waals surface area contributed by atoms with Crippen molar-refractivity contribution >= 4 is 33.4 Å². The van der Waals surface area contributed by atoms with E-state index in [1.807, 2.05) is 42.0 Å². The predicted molar refractivity (Wildman–Crippen MR) is 103 cm³/mol. The van der Waals surface area contributed by atoms with Crippen molar-refractivity contribution in [3.05, 3.63) is 64.9 Å². The molecule has 0 unspecified atom stereocenters. The number of hydrogen-bond acceptors (Lipinski definition) is 5. The van der Waals surface area contributed by atoms with Gasteiger partial charge in [0.2, 0.25) is 10.0 Å². The van der Waals surface area contributed by atoms with Gasteiger partial charge < -0.3 is 0 Å². The Kier molecular flexibility index (Phi) is 5.67. The monoisotopic (exact) mass is 408 g/mol. The van der Waals surface area contributed by atoms with Crippen LogP contribution in [0.25, 0.3) is 5.69 Å². The minimum absolute atomic E-state index is 0.00451. The van der Waals surface area contributed by atoms with Crippen LogP contribution in [-0.2, 0) is 16.6 Å². The molecule has 1 aromatic heterocycles. The molecular weight excluding hydrogens is 392 g/mol. The minimum Gasteiger partial charge on any atom is -0.273 e. The molecule has 1 N–H and O–H groups in total. The highest BCUT2D eigenvalue weighted by molar-refractivity contribution is 7.98. The van der Waals surface area contributed by atoms with Gasteiger partial charge in [-0.05, 0) is 36.9 Å². The number of benzene rings is 2. The van der Waals surface area contributed by atoms with Crippen LogP contribution in [0, 0.1) is 6.92 Å². The van der Waals surface area contributed by atoms with Crippen LogP contribution < -0.4 is 4.72 Å². The summed E-state index contributed by atoms with van der Waals surface area (Å²) < 4.78 is 29.5. The molecule has 0 saturated carbocycles. The molecule has 3 rings (SSSR count). The van der Waals surface area contributed by atoms with E-state index >= 15 is 0 Å². The Bertz CT molecular complexity index is 1030. The Hall–Kier alpha value is -1.87. The zero-order valence-corrected chi connectivity index (χ0v) is 16.6. The molecule has 0 saturated heterocycles. The zero-order valence-electron chi connectivity index (χ0n) is 14.2. The van der Waals surface area contributed by atoms with Gasteiger partial charge in [0.05, 0.1) is 17.3 Å². The van der Waals surface area contributed by atoms with E-state index < -0.39 is 10.0 Å². The first-order chi connectivity index (χ1) is 12.4. The van der Waals surface area contributed by atoms with E-state index in [0.717, 1.165) is 11.3 Å². The molecule has 0 radical (unpaired) electrons. The van der Waals surface area contributed by atoms with Crippen molar-refractivity contribution in [3.63, 3.8) is 0 Å². The van der Waals surface area contributed by atoms with Crippen molar-refractivity contribution < 1.29 is 8.42 Å². The molecule has 0 amide bonds. The number of sulfonamides is 1. The molecule has 9 heteroatoms. The van der Waals surface area contributed by atoms with Crippen LogP contribution in [0.4, 0.5) is 0 Å². The molecule has 26 heavy (non-hydrogen) atoms. The Morgan fingerprint density at radius 3 is 2.50 bits per heavy atom. The van der Waals surface area contributed by atoms with Gasteiger partial charge in [0.15, 0.2) is 11.0 Å². The third-order valence-electron chi connectivity index (χ3n) is 3.79. The van der Waals surface area contributed by atoms with E-state index in [-0.39, 0.29) is 16.5 Å². The summed E-state index contributed by atoms with van der Waals surface area (Å²) >= 11 is 7.45. The van der Waals surface area contributed by atoms with Gasteiger partial charge >= 0.3 is 0 Å². The van der Waals surface area contributed by atoms with Crippen LogP contribution in [0.2, 0.25) is 5.02 Å². The Morgan fingerprint density at radius 2 is 1.81 bits per heavy atom. The van der Waals surface area contributed by atoms with Crippen molar-refractivity contribution in [1.29, 1.82) is 0 Å². The van der Waals surface area contributed by atoms with E-state index in [1.54, 1.807) is 12.1 Å². The SMILES string of the molecule is CSc1nnc(CNS(=O)(=O)c2ccccc2Cl)n1-c1ccccc1C. The fourth-order valence-electron chi connectivity index (χ4n) is 2.50. The largest absolute Gasteiger partial charge is 0.273 e. The van der Waals surface area contributed by atoms with Crippen LogP contribution in [0.3, 0.4) is 0 Å². The molecule has 0 bridgehead atoms. The lowest BCUT2D eigenvalue weighted by Gasteiger charge is -2.13. The number of para-hydroxylation sites is 1. The Morgan fingerprint density at radius 1 is 1.12 bits per heavy atom. The molecule has 3 aromatic rings. The summed E-state index contributed by atoms with van der Waals surface area (Å²) in [6.07, 6.45) is 1.90. The lowest BCUT2D eigenvalue weighted by molar-refractivity contribution is 0.578. The average molecular weight is 409 g/mol. The number of rotatable bonds is 6. The summed E-state index contributed by atoms with van der Waals surface area (Å²) in [4.78, 5) is 0.0358. The standard InChI is InChI=1S/C17H17ClN4O2S2/c1-12-7-3-5-9-14(12)22-16(20-21-17(22)25-2)11-19-26(23,24)15-10-6-4-8-13(15)18/h3-10,19H,11H2,1-2H3. The van der Waals surface area contributed by atoms with Crippen LogP contribution in [0.1, 0.15) is 11.4 Å². The summed E-state index contributed by atoms with van der Waals surface area (Å²) in [7, 11) is -3.77. The topological polar surface area (TPSA) is 76.9 Å². The first-order valence-corrected chi connectivity index (χ1v) is 10.8. The number of hydrogen-bond donors (Lipinski definition) is 1. The van der Waals surface area contributed by atoms with Crippen molar-refractivity contribution in [1.82, 2.24) is 19.5 Å². The summed E-state index contributed by atoms with van der Waals surface area (Å²) in [5.41, 5.74) is 1.95. The maximum absolute atomic E-state index is 12.6. The van der Waals surface area contributed by atoms with Gasteiger partial charge in [-0.25, -0.2) is 13.1 Å². The maximum Gasteiger partial charge on any atom is 0.242 e. The van der Waals surface area contributed by atoms with Crippen LogP contribution in [0.5, 0.6) is 0 Å². The normalized spacial score (nSPS) is 11.7. The van der Waals surface area contributed by atoms with E-state index in [1.165, 1.54) is 23.9 Å². The molecule has 0 aliphatic carbocycles. The highest BCUT2D eigenvalue weighted by Gasteiger charge is 2.20. The van der Waals surface area contributed by atoms with Crippen molar-refractivity contribution in [2.24, 2.45) is 0 Å². The second kappa shape index (κ2) is 7.79. The highest BCUT2D eigenvalue weighted by Crippen LogP contribution is 2.24. The first-order valence-electron chi connectivity index (χ1n) is 7.72. The van der Waals surface area contributed by atoms with Gasteiger partial charge in [0.25, 0.3) is 0 Å². The molecule has 0 spiro atoms. The van der Waals surface area contributed by atoms with Gasteiger partial charge in [-0.3, -0.25) is 4.57 Å². The van der Waals surface area contributed by atoms with Crippen molar-refractivity contribution in [2.45, 2.75) is 23.5 Å². The van der Waals surface area contributed by atoms with E-state index in [2.05, 4.69) is 14.9 Å². The number of thioether (sulfide) groups is 1. The van der Waals surface area contributed by atoms with Crippen LogP contribution in [-0.4, -0.2) is 29.4 Å². The third kappa shape index (κ3) is 3.78. The Labute approximate surface area is 161 Å². The second-order valence-corrected chi connectivity index (χ2v) is 8.40. The first kappa shape index (κ1) is 18.9. The number of aryl methyl sites for hydroxylation is 1. The van der Waals surface area contributed by atoms with Crippen LogP contribution in [0.15, 0.2) is 58.6 Å². The molecule has 0 fully saturated rings. The number of nitrogens with one attached hydrogen (secondary N) is 1. The maximum atomic E-state index is 12.6. The smallest absolute Gasteiger partial charge is 0.242 e. The fourth-order valence-corrected chi connectivity index (χ4v) is 4.51. The average Bonchev–Trinajstić information content (AvgIpc) is 3.03. The number of nitrogens with zero attached hydrogens (tertiary/aromatic N) is 3. The molecule has 0 aliphatic heterocycles. The van der Waals surface area contributed by atoms with Crippen LogP contribution >= 0.6 is 23.4 Å². The van der Waals surface area contributed by atoms with E-state index in [4.69, 9.17) is 11.6 Å². The molecule has 136 valence electrons. The fraction of sp³-hybridized carbons (Fsp3) is 0.176.